The highest BCUT2D eigenvalue weighted by Gasteiger charge is 2.31. The van der Waals surface area contributed by atoms with Gasteiger partial charge in [0.15, 0.2) is 11.6 Å². The summed E-state index contributed by atoms with van der Waals surface area (Å²) in [5.41, 5.74) is 3.36. The van der Waals surface area contributed by atoms with Crippen LogP contribution in [-0.4, -0.2) is 56.6 Å². The fraction of sp³-hybridized carbons (Fsp3) is 0.314. The number of ether oxygens (including phenoxy) is 2. The number of nitrogens with zero attached hydrogens (tertiary/aromatic N) is 5. The van der Waals surface area contributed by atoms with E-state index in [9.17, 15) is 19.6 Å². The molecule has 1 aliphatic carbocycles. The van der Waals surface area contributed by atoms with Crippen LogP contribution in [0.3, 0.4) is 0 Å². The number of aromatic nitrogens is 3. The van der Waals surface area contributed by atoms with Crippen molar-refractivity contribution in [3.05, 3.63) is 99.7 Å². The molecule has 1 saturated heterocycles. The van der Waals surface area contributed by atoms with Gasteiger partial charge in [-0.1, -0.05) is 18.2 Å². The molecule has 2 aromatic carbocycles. The molecule has 0 spiro atoms. The van der Waals surface area contributed by atoms with Crippen molar-refractivity contribution in [1.82, 2.24) is 19.4 Å². The molecule has 10 nitrogen and oxygen atoms in total. The van der Waals surface area contributed by atoms with E-state index in [1.54, 1.807) is 41.6 Å². The number of hydrogen-bond donors (Lipinski definition) is 0. The minimum Gasteiger partial charge on any atom is -0.490 e. The number of benzene rings is 2. The third kappa shape index (κ3) is 6.34. The molecule has 0 bridgehead atoms. The molecule has 2 aromatic heterocycles. The van der Waals surface area contributed by atoms with Gasteiger partial charge in [0, 0.05) is 35.8 Å². The van der Waals surface area contributed by atoms with E-state index in [2.05, 4.69) is 16.0 Å². The Balaban J connectivity index is 1.11. The monoisotopic (exact) mass is 603 g/mol. The SMILES string of the molecule is CC(C)(C)OC(=O)N1CCC(COc2cnc(-c3cccc(Cn4c5c(ccc4=O)-c4cc(C#N)ccc4C5=O)c3)nc2)CC1. The zero-order valence-corrected chi connectivity index (χ0v) is 25.4. The van der Waals surface area contributed by atoms with Crippen molar-refractivity contribution in [2.45, 2.75) is 45.8 Å². The molecule has 0 radical (unpaired) electrons. The summed E-state index contributed by atoms with van der Waals surface area (Å²) in [5.74, 6) is 1.16. The first-order valence-electron chi connectivity index (χ1n) is 14.9. The van der Waals surface area contributed by atoms with Gasteiger partial charge in [0.05, 0.1) is 37.2 Å². The van der Waals surface area contributed by atoms with E-state index in [1.807, 2.05) is 45.0 Å². The average molecular weight is 604 g/mol. The molecule has 10 heteroatoms. The molecule has 228 valence electrons. The van der Waals surface area contributed by atoms with Gasteiger partial charge in [0.25, 0.3) is 5.56 Å². The lowest BCUT2D eigenvalue weighted by atomic mass is 9.98. The van der Waals surface area contributed by atoms with Crippen LogP contribution in [0, 0.1) is 17.2 Å². The fourth-order valence-electron chi connectivity index (χ4n) is 5.71. The Kier molecular flexibility index (Phi) is 7.94. The van der Waals surface area contributed by atoms with E-state index in [0.29, 0.717) is 65.1 Å². The summed E-state index contributed by atoms with van der Waals surface area (Å²) in [5, 5.41) is 9.32. The maximum absolute atomic E-state index is 13.3. The molecule has 3 heterocycles. The number of pyridine rings is 1. The van der Waals surface area contributed by atoms with E-state index in [-0.39, 0.29) is 24.0 Å². The Hall–Kier alpha value is -5.30. The van der Waals surface area contributed by atoms with Gasteiger partial charge in [-0.25, -0.2) is 14.8 Å². The Morgan fingerprint density at radius 3 is 2.42 bits per heavy atom. The summed E-state index contributed by atoms with van der Waals surface area (Å²) in [6.07, 6.45) is 4.67. The maximum atomic E-state index is 13.3. The topological polar surface area (TPSA) is 127 Å². The summed E-state index contributed by atoms with van der Waals surface area (Å²) >= 11 is 0. The average Bonchev–Trinajstić information content (AvgIpc) is 3.32. The fourth-order valence-corrected chi connectivity index (χ4v) is 5.71. The van der Waals surface area contributed by atoms with Crippen molar-refractivity contribution >= 4 is 11.9 Å². The summed E-state index contributed by atoms with van der Waals surface area (Å²) in [6, 6.07) is 17.7. The quantitative estimate of drug-likeness (QED) is 0.250. The van der Waals surface area contributed by atoms with Crippen LogP contribution in [-0.2, 0) is 11.3 Å². The second kappa shape index (κ2) is 12.0. The van der Waals surface area contributed by atoms with Crippen molar-refractivity contribution < 1.29 is 19.1 Å². The molecule has 2 aliphatic rings. The van der Waals surface area contributed by atoms with Crippen molar-refractivity contribution in [3.63, 3.8) is 0 Å². The summed E-state index contributed by atoms with van der Waals surface area (Å²) in [6.45, 7) is 7.56. The van der Waals surface area contributed by atoms with E-state index in [0.717, 1.165) is 24.0 Å². The van der Waals surface area contributed by atoms with Gasteiger partial charge in [-0.15, -0.1) is 0 Å². The predicted octanol–water partition coefficient (Wildman–Crippen LogP) is 5.46. The number of nitriles is 1. The van der Waals surface area contributed by atoms with Gasteiger partial charge in [-0.05, 0) is 81.0 Å². The molecular weight excluding hydrogens is 570 g/mol. The molecule has 1 aliphatic heterocycles. The molecule has 0 unspecified atom stereocenters. The van der Waals surface area contributed by atoms with Crippen molar-refractivity contribution in [2.24, 2.45) is 5.92 Å². The van der Waals surface area contributed by atoms with Crippen LogP contribution in [0.5, 0.6) is 5.75 Å². The highest BCUT2D eigenvalue weighted by Crippen LogP contribution is 2.36. The number of amides is 1. The number of piperidine rings is 1. The minimum absolute atomic E-state index is 0.189. The van der Waals surface area contributed by atoms with Gasteiger partial charge >= 0.3 is 6.09 Å². The first-order valence-corrected chi connectivity index (χ1v) is 14.9. The Morgan fingerprint density at radius 2 is 1.71 bits per heavy atom. The van der Waals surface area contributed by atoms with Crippen LogP contribution in [0.4, 0.5) is 4.79 Å². The molecule has 45 heavy (non-hydrogen) atoms. The Labute approximate surface area is 260 Å². The molecule has 0 saturated carbocycles. The summed E-state index contributed by atoms with van der Waals surface area (Å²) < 4.78 is 12.9. The standard InChI is InChI=1S/C35H33N5O5/c1-35(2,3)45-34(43)39-13-11-22(12-14-39)21-44-26-18-37-33(38-19-26)25-6-4-5-24(15-25)20-40-30(41)10-9-27-29-16-23(17-36)7-8-28(29)32(42)31(27)40/h4-10,15-16,18-19,22H,11-14,20-21H2,1-3H3. The van der Waals surface area contributed by atoms with E-state index >= 15 is 0 Å². The number of likely N-dealkylation sites (tertiary alicyclic amines) is 1. The van der Waals surface area contributed by atoms with E-state index in [1.165, 1.54) is 10.6 Å². The third-order valence-electron chi connectivity index (χ3n) is 7.99. The highest BCUT2D eigenvalue weighted by molar-refractivity contribution is 6.20. The normalized spacial score (nSPS) is 14.4. The van der Waals surface area contributed by atoms with Crippen LogP contribution >= 0.6 is 0 Å². The third-order valence-corrected chi connectivity index (χ3v) is 7.99. The molecule has 0 N–H and O–H groups in total. The van der Waals surface area contributed by atoms with Crippen LogP contribution in [0.15, 0.2) is 71.8 Å². The molecule has 4 aromatic rings. The predicted molar refractivity (Wildman–Crippen MR) is 167 cm³/mol. The van der Waals surface area contributed by atoms with Gasteiger partial charge in [0.2, 0.25) is 5.78 Å². The van der Waals surface area contributed by atoms with Crippen molar-refractivity contribution in [2.75, 3.05) is 19.7 Å². The first-order chi connectivity index (χ1) is 21.6. The number of fused-ring (bicyclic) bond motifs is 3. The zero-order chi connectivity index (χ0) is 31.7. The Morgan fingerprint density at radius 1 is 0.978 bits per heavy atom. The largest absolute Gasteiger partial charge is 0.490 e. The summed E-state index contributed by atoms with van der Waals surface area (Å²) in [7, 11) is 0. The summed E-state index contributed by atoms with van der Waals surface area (Å²) in [4.78, 5) is 49.4. The second-order valence-electron chi connectivity index (χ2n) is 12.4. The maximum Gasteiger partial charge on any atom is 0.410 e. The van der Waals surface area contributed by atoms with Crippen LogP contribution in [0.2, 0.25) is 0 Å². The second-order valence-corrected chi connectivity index (χ2v) is 12.4. The van der Waals surface area contributed by atoms with Crippen LogP contribution in [0.1, 0.15) is 60.8 Å². The van der Waals surface area contributed by atoms with Crippen LogP contribution in [0.25, 0.3) is 22.5 Å². The lowest BCUT2D eigenvalue weighted by Crippen LogP contribution is -2.42. The molecular formula is C35H33N5O5. The minimum atomic E-state index is -0.510. The number of carbonyl (C=O) groups excluding carboxylic acids is 2. The molecule has 1 amide bonds. The number of ketones is 1. The smallest absolute Gasteiger partial charge is 0.410 e. The molecule has 0 atom stereocenters. The highest BCUT2D eigenvalue weighted by atomic mass is 16.6. The lowest BCUT2D eigenvalue weighted by Gasteiger charge is -2.33. The number of hydrogen-bond acceptors (Lipinski definition) is 8. The number of rotatable bonds is 6. The van der Waals surface area contributed by atoms with E-state index < -0.39 is 5.60 Å². The van der Waals surface area contributed by atoms with Crippen molar-refractivity contribution in [3.8, 4) is 34.3 Å². The van der Waals surface area contributed by atoms with E-state index in [4.69, 9.17) is 9.47 Å². The van der Waals surface area contributed by atoms with Gasteiger partial charge in [-0.3, -0.25) is 9.59 Å². The van der Waals surface area contributed by atoms with Gasteiger partial charge < -0.3 is 18.9 Å². The first kappa shape index (κ1) is 29.8. The molecule has 6 rings (SSSR count). The Bertz CT molecular complexity index is 1880. The van der Waals surface area contributed by atoms with Gasteiger partial charge in [-0.2, -0.15) is 5.26 Å². The van der Waals surface area contributed by atoms with Gasteiger partial charge in [0.1, 0.15) is 11.3 Å². The van der Waals surface area contributed by atoms with Crippen LogP contribution < -0.4 is 10.3 Å². The molecule has 1 fully saturated rings. The number of carbonyl (C=O) groups is 2. The van der Waals surface area contributed by atoms with Crippen molar-refractivity contribution in [1.29, 1.82) is 5.26 Å². The lowest BCUT2D eigenvalue weighted by molar-refractivity contribution is 0.0164. The zero-order valence-electron chi connectivity index (χ0n) is 25.4.